The van der Waals surface area contributed by atoms with E-state index in [1.807, 2.05) is 6.08 Å². The van der Waals surface area contributed by atoms with Crippen LogP contribution in [-0.4, -0.2) is 12.1 Å². The molecule has 0 N–H and O–H groups in total. The number of carbonyl (C=O) groups excluding carboxylic acids is 1. The third kappa shape index (κ3) is 7.53. The number of benzene rings is 1. The molecule has 3 rings (SSSR count). The molecule has 0 unspecified atom stereocenters. The number of hydrogen-bond acceptors (Lipinski definition) is 3. The van der Waals surface area contributed by atoms with Crippen LogP contribution >= 0.6 is 0 Å². The summed E-state index contributed by atoms with van der Waals surface area (Å²) in [6, 6.07) is 11.3. The predicted octanol–water partition coefficient (Wildman–Crippen LogP) is 7.26. The normalized spacial score (nSPS) is 26.5. The number of hydrogen-bond donors (Lipinski definition) is 0. The van der Waals surface area contributed by atoms with Crippen molar-refractivity contribution < 1.29 is 9.53 Å². The fraction of sp³-hybridized carbons (Fsp3) is 0.643. The molecule has 1 aromatic rings. The van der Waals surface area contributed by atoms with Gasteiger partial charge in [-0.25, -0.2) is 0 Å². The van der Waals surface area contributed by atoms with E-state index >= 15 is 0 Å². The standard InChI is InChI=1S/C28H39NO2/c1-2-3-4-5-7-22-9-13-24(14-10-22)25-17-19-27(20-18-25)31-28(30)26-15-11-23(12-16-26)8-6-21-29/h6,8-10,13-14,23,25-27H,2-5,7,11-12,15-20H2,1H3/t23-,25-,26-,27-. The number of esters is 1. The lowest BCUT2D eigenvalue weighted by Gasteiger charge is -2.31. The van der Waals surface area contributed by atoms with E-state index in [1.165, 1.54) is 43.2 Å². The van der Waals surface area contributed by atoms with E-state index in [1.54, 1.807) is 6.08 Å². The van der Waals surface area contributed by atoms with Gasteiger partial charge in [0.05, 0.1) is 12.0 Å². The molecule has 0 bridgehead atoms. The average molecular weight is 422 g/mol. The summed E-state index contributed by atoms with van der Waals surface area (Å²) in [6.45, 7) is 2.26. The van der Waals surface area contributed by atoms with E-state index in [2.05, 4.69) is 37.3 Å². The summed E-state index contributed by atoms with van der Waals surface area (Å²) in [5.74, 6) is 1.11. The first-order valence-electron chi connectivity index (χ1n) is 12.5. The lowest BCUT2D eigenvalue weighted by atomic mass is 9.81. The van der Waals surface area contributed by atoms with Crippen LogP contribution in [0, 0.1) is 23.2 Å². The molecule has 2 aliphatic carbocycles. The highest BCUT2D eigenvalue weighted by atomic mass is 16.5. The molecule has 1 aromatic carbocycles. The molecule has 0 atom stereocenters. The smallest absolute Gasteiger partial charge is 0.309 e. The average Bonchev–Trinajstić information content (AvgIpc) is 2.82. The van der Waals surface area contributed by atoms with Gasteiger partial charge >= 0.3 is 5.97 Å². The Morgan fingerprint density at radius 2 is 1.71 bits per heavy atom. The van der Waals surface area contributed by atoms with Gasteiger partial charge in [0.25, 0.3) is 0 Å². The van der Waals surface area contributed by atoms with Crippen LogP contribution in [0.1, 0.15) is 101 Å². The minimum absolute atomic E-state index is 0.0126. The van der Waals surface area contributed by atoms with Gasteiger partial charge in [-0.2, -0.15) is 5.26 Å². The van der Waals surface area contributed by atoms with Crippen LogP contribution in [0.4, 0.5) is 0 Å². The minimum Gasteiger partial charge on any atom is -0.462 e. The zero-order chi connectivity index (χ0) is 21.9. The van der Waals surface area contributed by atoms with E-state index in [-0.39, 0.29) is 18.0 Å². The largest absolute Gasteiger partial charge is 0.462 e. The summed E-state index contributed by atoms with van der Waals surface area (Å²) >= 11 is 0. The molecule has 0 spiro atoms. The summed E-state index contributed by atoms with van der Waals surface area (Å²) in [4.78, 5) is 12.6. The topological polar surface area (TPSA) is 50.1 Å². The zero-order valence-electron chi connectivity index (χ0n) is 19.2. The first-order chi connectivity index (χ1) is 15.2. The van der Waals surface area contributed by atoms with Gasteiger partial charge in [0.2, 0.25) is 0 Å². The number of aryl methyl sites for hydroxylation is 1. The van der Waals surface area contributed by atoms with Crippen molar-refractivity contribution >= 4 is 5.97 Å². The monoisotopic (exact) mass is 421 g/mol. The Morgan fingerprint density at radius 3 is 2.35 bits per heavy atom. The van der Waals surface area contributed by atoms with Crippen molar-refractivity contribution in [2.24, 2.45) is 11.8 Å². The molecule has 2 aliphatic rings. The van der Waals surface area contributed by atoms with Crippen molar-refractivity contribution in [2.45, 2.75) is 102 Å². The fourth-order valence-corrected chi connectivity index (χ4v) is 5.21. The Morgan fingerprint density at radius 1 is 1.00 bits per heavy atom. The number of nitrogens with zero attached hydrogens (tertiary/aromatic N) is 1. The van der Waals surface area contributed by atoms with E-state index in [9.17, 15) is 4.79 Å². The van der Waals surface area contributed by atoms with Gasteiger partial charge in [0.1, 0.15) is 6.10 Å². The van der Waals surface area contributed by atoms with Crippen molar-refractivity contribution in [1.29, 1.82) is 5.26 Å². The van der Waals surface area contributed by atoms with Gasteiger partial charge in [0, 0.05) is 6.08 Å². The highest BCUT2D eigenvalue weighted by molar-refractivity contribution is 5.72. The maximum atomic E-state index is 12.6. The number of ether oxygens (including phenoxy) is 1. The molecule has 0 aliphatic heterocycles. The Bertz CT molecular complexity index is 729. The third-order valence-electron chi connectivity index (χ3n) is 7.28. The van der Waals surface area contributed by atoms with Crippen LogP contribution in [0.25, 0.3) is 0 Å². The van der Waals surface area contributed by atoms with Crippen molar-refractivity contribution in [3.63, 3.8) is 0 Å². The zero-order valence-corrected chi connectivity index (χ0v) is 19.2. The van der Waals surface area contributed by atoms with E-state index in [0.29, 0.717) is 11.8 Å². The second-order valence-corrected chi connectivity index (χ2v) is 9.56. The Kier molecular flexibility index (Phi) is 9.66. The molecule has 0 radical (unpaired) electrons. The second kappa shape index (κ2) is 12.7. The third-order valence-corrected chi connectivity index (χ3v) is 7.28. The van der Waals surface area contributed by atoms with Gasteiger partial charge in [-0.3, -0.25) is 4.79 Å². The predicted molar refractivity (Wildman–Crippen MR) is 126 cm³/mol. The van der Waals surface area contributed by atoms with Crippen LogP contribution in [0.5, 0.6) is 0 Å². The number of allylic oxidation sites excluding steroid dienone is 2. The number of unbranched alkanes of at least 4 members (excludes halogenated alkanes) is 3. The van der Waals surface area contributed by atoms with Gasteiger partial charge in [-0.05, 0) is 87.2 Å². The molecular formula is C28H39NO2. The van der Waals surface area contributed by atoms with Crippen molar-refractivity contribution in [3.8, 4) is 6.07 Å². The summed E-state index contributed by atoms with van der Waals surface area (Å²) in [6.07, 6.45) is 18.0. The van der Waals surface area contributed by atoms with Crippen LogP contribution in [-0.2, 0) is 16.0 Å². The molecule has 0 heterocycles. The maximum absolute atomic E-state index is 12.6. The molecule has 0 aromatic heterocycles. The fourth-order valence-electron chi connectivity index (χ4n) is 5.21. The molecule has 2 saturated carbocycles. The lowest BCUT2D eigenvalue weighted by Crippen LogP contribution is -2.29. The van der Waals surface area contributed by atoms with E-state index in [4.69, 9.17) is 10.00 Å². The van der Waals surface area contributed by atoms with Crippen LogP contribution in [0.15, 0.2) is 36.4 Å². The molecule has 168 valence electrons. The van der Waals surface area contributed by atoms with Crippen molar-refractivity contribution in [2.75, 3.05) is 0 Å². The number of carbonyl (C=O) groups is 1. The molecule has 2 fully saturated rings. The Labute approximate surface area is 188 Å². The van der Waals surface area contributed by atoms with Gasteiger partial charge < -0.3 is 4.74 Å². The first kappa shape index (κ1) is 23.6. The molecule has 31 heavy (non-hydrogen) atoms. The number of nitriles is 1. The minimum atomic E-state index is 0.0126. The second-order valence-electron chi connectivity index (χ2n) is 9.56. The van der Waals surface area contributed by atoms with Crippen LogP contribution < -0.4 is 0 Å². The summed E-state index contributed by atoms with van der Waals surface area (Å²) < 4.78 is 5.91. The highest BCUT2D eigenvalue weighted by Gasteiger charge is 2.30. The Hall–Kier alpha value is -2.08. The van der Waals surface area contributed by atoms with Gasteiger partial charge in [-0.15, -0.1) is 0 Å². The summed E-state index contributed by atoms with van der Waals surface area (Å²) in [5.41, 5.74) is 2.91. The highest BCUT2D eigenvalue weighted by Crippen LogP contribution is 2.36. The first-order valence-corrected chi connectivity index (χ1v) is 12.5. The Balaban J connectivity index is 1.37. The molecule has 3 heteroatoms. The van der Waals surface area contributed by atoms with Crippen LogP contribution in [0.3, 0.4) is 0 Å². The molecule has 0 amide bonds. The van der Waals surface area contributed by atoms with Gasteiger partial charge in [0.15, 0.2) is 0 Å². The van der Waals surface area contributed by atoms with E-state index < -0.39 is 0 Å². The SMILES string of the molecule is CCCCCCc1ccc([C@H]2CC[C@H](OC(=O)[C@H]3CC[C@H](C=CC#N)CC3)CC2)cc1. The van der Waals surface area contributed by atoms with Crippen LogP contribution in [0.2, 0.25) is 0 Å². The quantitative estimate of drug-likeness (QED) is 0.239. The molecular weight excluding hydrogens is 382 g/mol. The summed E-state index contributed by atoms with van der Waals surface area (Å²) in [5, 5.41) is 8.66. The van der Waals surface area contributed by atoms with Crippen molar-refractivity contribution in [3.05, 3.63) is 47.5 Å². The summed E-state index contributed by atoms with van der Waals surface area (Å²) in [7, 11) is 0. The maximum Gasteiger partial charge on any atom is 0.309 e. The molecule has 0 saturated heterocycles. The molecule has 3 nitrogen and oxygen atoms in total. The van der Waals surface area contributed by atoms with Gasteiger partial charge in [-0.1, -0.05) is 56.5 Å². The number of rotatable bonds is 9. The lowest BCUT2D eigenvalue weighted by molar-refractivity contribution is -0.157. The van der Waals surface area contributed by atoms with E-state index in [0.717, 1.165) is 51.4 Å². The van der Waals surface area contributed by atoms with Crippen molar-refractivity contribution in [1.82, 2.24) is 0 Å².